The van der Waals surface area contributed by atoms with Crippen molar-refractivity contribution in [2.45, 2.75) is 64.6 Å². The average molecular weight is 630 g/mol. The van der Waals surface area contributed by atoms with E-state index in [9.17, 15) is 24.3 Å². The average Bonchev–Trinajstić information content (AvgIpc) is 3.24. The minimum absolute atomic E-state index is 0.164. The van der Waals surface area contributed by atoms with Crippen LogP contribution in [-0.2, 0) is 20.8 Å². The van der Waals surface area contributed by atoms with Crippen LogP contribution in [0.3, 0.4) is 0 Å². The highest BCUT2D eigenvalue weighted by atomic mass is 32.2. The van der Waals surface area contributed by atoms with E-state index in [1.54, 1.807) is 26.2 Å². The molecule has 4 atom stereocenters. The van der Waals surface area contributed by atoms with Gasteiger partial charge < -0.3 is 35.3 Å². The third kappa shape index (κ3) is 7.77. The Hall–Kier alpha value is -3.93. The largest absolute Gasteiger partial charge is 0.493 e. The number of benzene rings is 1. The van der Waals surface area contributed by atoms with Gasteiger partial charge in [-0.25, -0.2) is 4.79 Å². The molecule has 240 valence electrons. The molecule has 0 aliphatic heterocycles. The summed E-state index contributed by atoms with van der Waals surface area (Å²) < 4.78 is 17.1. The van der Waals surface area contributed by atoms with Gasteiger partial charge in [-0.05, 0) is 72.1 Å². The minimum atomic E-state index is -1.11. The fourth-order valence-electron chi connectivity index (χ4n) is 5.46. The Morgan fingerprint density at radius 2 is 1.80 bits per heavy atom. The molecular formula is C32H43N3O8S. The lowest BCUT2D eigenvalue weighted by atomic mass is 9.95. The first-order valence-corrected chi connectivity index (χ1v) is 16.0. The van der Waals surface area contributed by atoms with Crippen molar-refractivity contribution in [1.82, 2.24) is 10.6 Å². The third-order valence-corrected chi connectivity index (χ3v) is 8.59. The smallest absolute Gasteiger partial charge is 0.326 e. The first kappa shape index (κ1) is 34.6. The molecule has 0 unspecified atom stereocenters. The summed E-state index contributed by atoms with van der Waals surface area (Å²) in [6.07, 6.45) is 3.91. The molecule has 0 saturated carbocycles. The number of carbonyl (C=O) groups is 3. The zero-order chi connectivity index (χ0) is 32.6. The zero-order valence-corrected chi connectivity index (χ0v) is 27.2. The van der Waals surface area contributed by atoms with Crippen LogP contribution in [0.1, 0.15) is 57.2 Å². The lowest BCUT2D eigenvalue weighted by molar-refractivity contribution is -0.143. The van der Waals surface area contributed by atoms with Gasteiger partial charge in [0, 0.05) is 12.5 Å². The number of thioether (sulfide) groups is 1. The second-order valence-electron chi connectivity index (χ2n) is 10.8. The molecule has 1 aliphatic carbocycles. The lowest BCUT2D eigenvalue weighted by Crippen LogP contribution is -2.50. The standard InChI is InChI=1S/C32H43N3O8S/c1-8-17(2)28(32(39)40)35-31(38)24(13-14-44-7)34-23-12-10-20-21(16-25(23)37)22(33-18(3)36)11-9-19-15-26(41-4)29(42-5)30(43-6)27(19)20/h10,12,15-17,22,24,28H,8-9,11,13-14H2,1-7H3,(H,33,36)(H,34,37)(H,35,38)(H,39,40)/t17-,22+,24+,28+/m1/s1. The van der Waals surface area contributed by atoms with Gasteiger partial charge in [0.25, 0.3) is 0 Å². The number of amides is 2. The van der Waals surface area contributed by atoms with Gasteiger partial charge >= 0.3 is 5.97 Å². The molecule has 1 aliphatic rings. The molecule has 0 aromatic heterocycles. The van der Waals surface area contributed by atoms with Crippen LogP contribution in [-0.4, -0.2) is 68.3 Å². The maximum absolute atomic E-state index is 13.8. The van der Waals surface area contributed by atoms with Crippen LogP contribution in [0.15, 0.2) is 29.1 Å². The number of carboxylic acids is 1. The van der Waals surface area contributed by atoms with Crippen molar-refractivity contribution in [2.75, 3.05) is 38.7 Å². The van der Waals surface area contributed by atoms with Gasteiger partial charge in [0.2, 0.25) is 23.0 Å². The summed E-state index contributed by atoms with van der Waals surface area (Å²) in [5.41, 5.74) is 2.63. The fraction of sp³-hybridized carbons (Fsp3) is 0.500. The number of methoxy groups -OCH3 is 3. The number of hydrogen-bond donors (Lipinski definition) is 4. The Morgan fingerprint density at radius 1 is 1.09 bits per heavy atom. The van der Waals surface area contributed by atoms with E-state index in [-0.39, 0.29) is 22.9 Å². The van der Waals surface area contributed by atoms with E-state index in [1.165, 1.54) is 39.0 Å². The second kappa shape index (κ2) is 15.7. The van der Waals surface area contributed by atoms with E-state index >= 15 is 0 Å². The van der Waals surface area contributed by atoms with E-state index < -0.39 is 30.0 Å². The van der Waals surface area contributed by atoms with Gasteiger partial charge in [-0.3, -0.25) is 14.4 Å². The van der Waals surface area contributed by atoms with Crippen LogP contribution < -0.4 is 35.6 Å². The molecule has 11 nitrogen and oxygen atoms in total. The van der Waals surface area contributed by atoms with E-state index in [0.29, 0.717) is 65.4 Å². The number of anilines is 1. The van der Waals surface area contributed by atoms with Crippen molar-refractivity contribution in [3.05, 3.63) is 45.6 Å². The number of nitrogens with one attached hydrogen (secondary N) is 3. The van der Waals surface area contributed by atoms with E-state index in [0.717, 1.165) is 5.56 Å². The molecule has 2 amide bonds. The highest BCUT2D eigenvalue weighted by molar-refractivity contribution is 7.98. The number of carbonyl (C=O) groups excluding carboxylic acids is 2. The number of rotatable bonds is 14. The normalized spacial score (nSPS) is 15.8. The van der Waals surface area contributed by atoms with Crippen molar-refractivity contribution in [2.24, 2.45) is 5.92 Å². The van der Waals surface area contributed by atoms with E-state index in [4.69, 9.17) is 14.2 Å². The quantitative estimate of drug-likeness (QED) is 0.241. The number of fused-ring (bicyclic) bond motifs is 3. The maximum atomic E-state index is 13.8. The first-order chi connectivity index (χ1) is 21.0. The van der Waals surface area contributed by atoms with E-state index in [2.05, 4.69) is 16.0 Å². The molecular weight excluding hydrogens is 586 g/mol. The van der Waals surface area contributed by atoms with E-state index in [1.807, 2.05) is 19.2 Å². The van der Waals surface area contributed by atoms with Gasteiger partial charge in [-0.1, -0.05) is 26.3 Å². The Balaban J connectivity index is 2.19. The molecule has 0 saturated heterocycles. The van der Waals surface area contributed by atoms with Gasteiger partial charge in [0.15, 0.2) is 11.5 Å². The molecule has 3 rings (SSSR count). The summed E-state index contributed by atoms with van der Waals surface area (Å²) in [5, 5.41) is 18.5. The Morgan fingerprint density at radius 3 is 2.36 bits per heavy atom. The summed E-state index contributed by atoms with van der Waals surface area (Å²) in [4.78, 5) is 51.3. The number of carboxylic acid groups (broad SMARTS) is 1. The van der Waals surface area contributed by atoms with Gasteiger partial charge in [-0.2, -0.15) is 11.8 Å². The van der Waals surface area contributed by atoms with Crippen molar-refractivity contribution >= 4 is 35.2 Å². The second-order valence-corrected chi connectivity index (χ2v) is 11.8. The third-order valence-electron chi connectivity index (χ3n) is 7.95. The molecule has 4 N–H and O–H groups in total. The van der Waals surface area contributed by atoms with Crippen LogP contribution in [0, 0.1) is 5.92 Å². The van der Waals surface area contributed by atoms with Crippen LogP contribution in [0.5, 0.6) is 17.2 Å². The highest BCUT2D eigenvalue weighted by Crippen LogP contribution is 2.50. The number of ether oxygens (including phenoxy) is 3. The summed E-state index contributed by atoms with van der Waals surface area (Å²) in [5.74, 6) is -0.210. The van der Waals surface area contributed by atoms with Crippen LogP contribution in [0.2, 0.25) is 0 Å². The molecule has 0 spiro atoms. The van der Waals surface area contributed by atoms with Crippen LogP contribution in [0.4, 0.5) is 5.69 Å². The zero-order valence-electron chi connectivity index (χ0n) is 26.4. The Bertz CT molecular complexity index is 1430. The lowest BCUT2D eigenvalue weighted by Gasteiger charge is -2.24. The molecule has 2 aromatic carbocycles. The van der Waals surface area contributed by atoms with Crippen molar-refractivity contribution < 1.29 is 33.7 Å². The number of aliphatic carboxylic acids is 1. The molecule has 44 heavy (non-hydrogen) atoms. The molecule has 0 heterocycles. The van der Waals surface area contributed by atoms with Crippen molar-refractivity contribution in [3.8, 4) is 28.4 Å². The number of hydrogen-bond acceptors (Lipinski definition) is 9. The SMILES string of the molecule is CC[C@@H](C)[C@H](NC(=O)[C@H](CCSC)Nc1ccc2c(cc1=O)[C@@H](NC(C)=O)CCc1cc(OC)c(OC)c(OC)c1-2)C(=O)O. The molecule has 0 bridgehead atoms. The summed E-state index contributed by atoms with van der Waals surface area (Å²) >= 11 is 1.54. The minimum Gasteiger partial charge on any atom is -0.493 e. The van der Waals surface area contributed by atoms with Gasteiger partial charge in [0.05, 0.1) is 33.1 Å². The van der Waals surface area contributed by atoms with Gasteiger partial charge in [0.1, 0.15) is 12.1 Å². The van der Waals surface area contributed by atoms with Crippen molar-refractivity contribution in [1.29, 1.82) is 0 Å². The summed E-state index contributed by atoms with van der Waals surface area (Å²) in [7, 11) is 4.59. The molecule has 0 fully saturated rings. The Kier molecular flexibility index (Phi) is 12.3. The summed E-state index contributed by atoms with van der Waals surface area (Å²) in [6.45, 7) is 5.06. The van der Waals surface area contributed by atoms with Crippen LogP contribution in [0.25, 0.3) is 11.1 Å². The molecule has 2 aromatic rings. The summed E-state index contributed by atoms with van der Waals surface area (Å²) in [6, 6.07) is 4.34. The maximum Gasteiger partial charge on any atom is 0.326 e. The van der Waals surface area contributed by atoms with Crippen molar-refractivity contribution in [3.63, 3.8) is 0 Å². The first-order valence-electron chi connectivity index (χ1n) is 14.6. The molecule has 0 radical (unpaired) electrons. The predicted molar refractivity (Wildman–Crippen MR) is 172 cm³/mol. The fourth-order valence-corrected chi connectivity index (χ4v) is 5.93. The monoisotopic (exact) mass is 629 g/mol. The predicted octanol–water partition coefficient (Wildman–Crippen LogP) is 4.01. The molecule has 12 heteroatoms. The van der Waals surface area contributed by atoms with Crippen LogP contribution >= 0.6 is 11.8 Å². The highest BCUT2D eigenvalue weighted by Gasteiger charge is 2.31. The van der Waals surface area contributed by atoms with Gasteiger partial charge in [-0.15, -0.1) is 0 Å². The number of aryl methyl sites for hydroxylation is 1. The Labute approximate surface area is 262 Å². The topological polar surface area (TPSA) is 152 Å².